The number of hydrogen-bond donors (Lipinski definition) is 2. The molecule has 2 N–H and O–H groups in total. The molecule has 0 unspecified atom stereocenters. The fourth-order valence-electron chi connectivity index (χ4n) is 2.81. The van der Waals surface area contributed by atoms with Crippen molar-refractivity contribution < 1.29 is 5.11 Å². The van der Waals surface area contributed by atoms with Gasteiger partial charge in [-0.15, -0.1) is 5.10 Å². The molecule has 0 radical (unpaired) electrons. The van der Waals surface area contributed by atoms with Crippen LogP contribution in [0.25, 0.3) is 5.69 Å². The van der Waals surface area contributed by atoms with E-state index in [0.29, 0.717) is 4.64 Å². The third-order valence-corrected chi connectivity index (χ3v) is 4.52. The Morgan fingerprint density at radius 1 is 1.00 bits per heavy atom. The van der Waals surface area contributed by atoms with E-state index in [1.54, 1.807) is 6.20 Å². The number of unbranched alkanes of at least 4 members (excludes halogenated alkanes) is 3. The lowest BCUT2D eigenvalue weighted by molar-refractivity contribution is 0.461. The number of nitrogens with one attached hydrogen (secondary N) is 1. The quantitative estimate of drug-likeness (QED) is 0.465. The lowest BCUT2D eigenvalue weighted by atomic mass is 10.1. The van der Waals surface area contributed by atoms with E-state index in [2.05, 4.69) is 15.3 Å². The van der Waals surface area contributed by atoms with E-state index in [9.17, 15) is 5.11 Å². The molecule has 0 fully saturated rings. The maximum absolute atomic E-state index is 9.89. The van der Waals surface area contributed by atoms with Crippen molar-refractivity contribution in [3.05, 3.63) is 64.7 Å². The molecule has 6 heteroatoms. The fourth-order valence-corrected chi connectivity index (χ4v) is 3.01. The standard InChI is InChI=1S/C19H22N4OS/c24-18-15(12-13-20-19(18)25)8-4-1-2-5-9-16-14-23(22-21-16)17-10-6-3-7-11-17/h3,6-7,10-14,24H,1-2,4-5,8-9H2,(H,20,25). The first-order valence-corrected chi connectivity index (χ1v) is 9.01. The number of aromatic nitrogens is 4. The summed E-state index contributed by atoms with van der Waals surface area (Å²) in [6.45, 7) is 0. The highest BCUT2D eigenvalue weighted by Crippen LogP contribution is 2.19. The molecule has 0 spiro atoms. The minimum atomic E-state index is 0.218. The summed E-state index contributed by atoms with van der Waals surface area (Å²) < 4.78 is 2.23. The van der Waals surface area contributed by atoms with Crippen LogP contribution in [-0.4, -0.2) is 25.1 Å². The first-order chi connectivity index (χ1) is 12.2. The van der Waals surface area contributed by atoms with E-state index >= 15 is 0 Å². The second-order valence-corrected chi connectivity index (χ2v) is 6.49. The summed E-state index contributed by atoms with van der Waals surface area (Å²) in [5.41, 5.74) is 2.98. The highest BCUT2D eigenvalue weighted by Gasteiger charge is 2.04. The van der Waals surface area contributed by atoms with Gasteiger partial charge in [0, 0.05) is 6.20 Å². The molecular formula is C19H22N4OS. The van der Waals surface area contributed by atoms with Gasteiger partial charge in [0.1, 0.15) is 4.64 Å². The van der Waals surface area contributed by atoms with Crippen molar-refractivity contribution in [2.45, 2.75) is 38.5 Å². The topological polar surface area (TPSA) is 66.7 Å². The van der Waals surface area contributed by atoms with Crippen LogP contribution in [0.2, 0.25) is 0 Å². The van der Waals surface area contributed by atoms with Crippen LogP contribution in [-0.2, 0) is 12.8 Å². The zero-order chi connectivity index (χ0) is 17.5. The predicted octanol–water partition coefficient (Wildman–Crippen LogP) is 4.38. The van der Waals surface area contributed by atoms with Crippen LogP contribution < -0.4 is 0 Å². The van der Waals surface area contributed by atoms with Gasteiger partial charge < -0.3 is 10.1 Å². The highest BCUT2D eigenvalue weighted by molar-refractivity contribution is 7.71. The van der Waals surface area contributed by atoms with Crippen LogP contribution in [0.3, 0.4) is 0 Å². The largest absolute Gasteiger partial charge is 0.505 e. The van der Waals surface area contributed by atoms with Gasteiger partial charge >= 0.3 is 0 Å². The molecule has 0 amide bonds. The summed E-state index contributed by atoms with van der Waals surface area (Å²) in [4.78, 5) is 2.83. The van der Waals surface area contributed by atoms with Crippen molar-refractivity contribution in [1.82, 2.24) is 20.0 Å². The van der Waals surface area contributed by atoms with Crippen molar-refractivity contribution >= 4 is 12.2 Å². The van der Waals surface area contributed by atoms with Gasteiger partial charge in [-0.2, -0.15) is 0 Å². The number of para-hydroxylation sites is 1. The first kappa shape index (κ1) is 17.4. The minimum Gasteiger partial charge on any atom is -0.505 e. The molecule has 0 aliphatic heterocycles. The number of pyridine rings is 1. The maximum Gasteiger partial charge on any atom is 0.153 e. The Hall–Kier alpha value is -2.47. The number of aromatic amines is 1. The zero-order valence-corrected chi connectivity index (χ0v) is 14.9. The molecule has 3 rings (SSSR count). The normalized spacial score (nSPS) is 10.9. The number of aromatic hydroxyl groups is 1. The summed E-state index contributed by atoms with van der Waals surface area (Å²) in [6.07, 6.45) is 9.98. The average molecular weight is 354 g/mol. The molecule has 2 heterocycles. The second kappa shape index (κ2) is 8.58. The summed E-state index contributed by atoms with van der Waals surface area (Å²) >= 11 is 5.03. The van der Waals surface area contributed by atoms with E-state index in [1.807, 2.05) is 47.3 Å². The Labute approximate surface area is 152 Å². The van der Waals surface area contributed by atoms with Gasteiger partial charge in [-0.3, -0.25) is 0 Å². The van der Waals surface area contributed by atoms with Crippen LogP contribution in [0.1, 0.15) is 36.9 Å². The molecule has 1 aromatic carbocycles. The smallest absolute Gasteiger partial charge is 0.153 e. The Balaban J connectivity index is 1.38. The van der Waals surface area contributed by atoms with Crippen molar-refractivity contribution in [2.75, 3.05) is 0 Å². The van der Waals surface area contributed by atoms with Gasteiger partial charge in [-0.05, 0) is 49.4 Å². The molecular weight excluding hydrogens is 332 g/mol. The Kier molecular flexibility index (Phi) is 5.95. The van der Waals surface area contributed by atoms with Crippen molar-refractivity contribution in [2.24, 2.45) is 0 Å². The zero-order valence-electron chi connectivity index (χ0n) is 14.1. The van der Waals surface area contributed by atoms with Crippen LogP contribution in [0.4, 0.5) is 0 Å². The number of aryl methyl sites for hydroxylation is 2. The molecule has 2 aromatic heterocycles. The lowest BCUT2D eigenvalue weighted by Gasteiger charge is -2.04. The lowest BCUT2D eigenvalue weighted by Crippen LogP contribution is -1.93. The number of H-pyrrole nitrogens is 1. The molecule has 0 saturated carbocycles. The molecule has 0 atom stereocenters. The van der Waals surface area contributed by atoms with Crippen molar-refractivity contribution in [1.29, 1.82) is 0 Å². The number of benzene rings is 1. The molecule has 5 nitrogen and oxygen atoms in total. The van der Waals surface area contributed by atoms with Crippen LogP contribution in [0.5, 0.6) is 5.75 Å². The van der Waals surface area contributed by atoms with Gasteiger partial charge in [0.15, 0.2) is 5.75 Å². The third-order valence-electron chi connectivity index (χ3n) is 4.21. The van der Waals surface area contributed by atoms with Crippen LogP contribution in [0, 0.1) is 4.64 Å². The van der Waals surface area contributed by atoms with E-state index < -0.39 is 0 Å². The van der Waals surface area contributed by atoms with Gasteiger partial charge in [-0.1, -0.05) is 48.5 Å². The number of nitrogens with zero attached hydrogens (tertiary/aromatic N) is 3. The molecule has 0 aliphatic carbocycles. The van der Waals surface area contributed by atoms with Crippen molar-refractivity contribution in [3.8, 4) is 11.4 Å². The van der Waals surface area contributed by atoms with Gasteiger partial charge in [0.2, 0.25) is 0 Å². The first-order valence-electron chi connectivity index (χ1n) is 8.60. The van der Waals surface area contributed by atoms with E-state index in [0.717, 1.165) is 55.5 Å². The Bertz CT molecular complexity index is 857. The van der Waals surface area contributed by atoms with Crippen LogP contribution in [0.15, 0.2) is 48.8 Å². The predicted molar refractivity (Wildman–Crippen MR) is 101 cm³/mol. The Morgan fingerprint density at radius 3 is 2.56 bits per heavy atom. The second-order valence-electron chi connectivity index (χ2n) is 6.08. The minimum absolute atomic E-state index is 0.218. The fraction of sp³-hybridized carbons (Fsp3) is 0.316. The monoisotopic (exact) mass is 354 g/mol. The third kappa shape index (κ3) is 4.76. The molecule has 25 heavy (non-hydrogen) atoms. The van der Waals surface area contributed by atoms with E-state index in [-0.39, 0.29) is 5.75 Å². The van der Waals surface area contributed by atoms with Crippen LogP contribution >= 0.6 is 12.2 Å². The van der Waals surface area contributed by atoms with Gasteiger partial charge in [0.05, 0.1) is 17.6 Å². The summed E-state index contributed by atoms with van der Waals surface area (Å²) in [5, 5.41) is 18.3. The summed E-state index contributed by atoms with van der Waals surface area (Å²) in [7, 11) is 0. The number of hydrogen-bond acceptors (Lipinski definition) is 4. The molecule has 3 aromatic rings. The molecule has 130 valence electrons. The Morgan fingerprint density at radius 2 is 1.76 bits per heavy atom. The van der Waals surface area contributed by atoms with Crippen molar-refractivity contribution in [3.63, 3.8) is 0 Å². The molecule has 0 saturated heterocycles. The molecule has 0 aliphatic rings. The summed E-state index contributed by atoms with van der Waals surface area (Å²) in [5.74, 6) is 0.218. The van der Waals surface area contributed by atoms with Gasteiger partial charge in [0.25, 0.3) is 0 Å². The SMILES string of the molecule is Oc1c(CCCCCCc2cn(-c3ccccc3)nn2)cc[nH]c1=S. The maximum atomic E-state index is 9.89. The van der Waals surface area contributed by atoms with E-state index in [4.69, 9.17) is 12.2 Å². The highest BCUT2D eigenvalue weighted by atomic mass is 32.1. The molecule has 0 bridgehead atoms. The average Bonchev–Trinajstić information content (AvgIpc) is 3.11. The summed E-state index contributed by atoms with van der Waals surface area (Å²) in [6, 6.07) is 11.9. The number of rotatable bonds is 8. The van der Waals surface area contributed by atoms with E-state index in [1.165, 1.54) is 0 Å². The van der Waals surface area contributed by atoms with Gasteiger partial charge in [-0.25, -0.2) is 4.68 Å².